The molecule has 1 aliphatic carbocycles. The fraction of sp³-hybridized carbons (Fsp3) is 0.241. The molecule has 1 fully saturated rings. The number of hydrogen-bond donors (Lipinski definition) is 3. The molecule has 0 radical (unpaired) electrons. The molecule has 0 amide bonds. The lowest BCUT2D eigenvalue weighted by molar-refractivity contribution is -0.0454. The number of aliphatic hydroxyl groups is 2. The summed E-state index contributed by atoms with van der Waals surface area (Å²) in [6, 6.07) is 12.1. The van der Waals surface area contributed by atoms with Gasteiger partial charge in [0.05, 0.1) is 16.3 Å². The molecule has 0 spiro atoms. The van der Waals surface area contributed by atoms with Crippen LogP contribution in [0.2, 0.25) is 0 Å². The van der Waals surface area contributed by atoms with E-state index in [1.165, 1.54) is 46.3 Å². The molecule has 4 N–H and O–H groups in total. The Kier molecular flexibility index (Phi) is 7.58. The number of aliphatic hydroxyl groups excluding tert-OH is 1. The Balaban J connectivity index is 1.54. The van der Waals surface area contributed by atoms with Crippen molar-refractivity contribution in [3.05, 3.63) is 92.9 Å². The predicted octanol–water partition coefficient (Wildman–Crippen LogP) is 5.48. The van der Waals surface area contributed by atoms with Gasteiger partial charge in [-0.05, 0) is 80.1 Å². The van der Waals surface area contributed by atoms with Crippen molar-refractivity contribution >= 4 is 32.7 Å². The largest absolute Gasteiger partial charge is 0.363 e. The average Bonchev–Trinajstić information content (AvgIpc) is 3.28. The summed E-state index contributed by atoms with van der Waals surface area (Å²) in [5, 5.41) is 31.4. The molecule has 5 aromatic rings. The lowest BCUT2D eigenvalue weighted by Gasteiger charge is -2.11. The summed E-state index contributed by atoms with van der Waals surface area (Å²) in [6.45, 7) is 1.95. The number of nitrogens with two attached hydrogens (primary N) is 1. The summed E-state index contributed by atoms with van der Waals surface area (Å²) in [5.41, 5.74) is 3.30. The van der Waals surface area contributed by atoms with Gasteiger partial charge in [-0.25, -0.2) is 32.0 Å². The van der Waals surface area contributed by atoms with Gasteiger partial charge < -0.3 is 10.2 Å². The second-order valence-electron chi connectivity index (χ2n) is 10.3. The maximum atomic E-state index is 15.3. The molecule has 42 heavy (non-hydrogen) atoms. The minimum absolute atomic E-state index is 0.0692. The lowest BCUT2D eigenvalue weighted by atomic mass is 9.95. The highest BCUT2D eigenvalue weighted by Gasteiger charge is 2.30. The zero-order valence-electron chi connectivity index (χ0n) is 22.3. The van der Waals surface area contributed by atoms with Gasteiger partial charge >= 0.3 is 0 Å². The van der Waals surface area contributed by atoms with Gasteiger partial charge in [0.25, 0.3) is 0 Å². The van der Waals surface area contributed by atoms with E-state index in [4.69, 9.17) is 10.2 Å². The summed E-state index contributed by atoms with van der Waals surface area (Å²) in [5.74, 6) is -0.723. The number of thiophene rings is 1. The van der Waals surface area contributed by atoms with Crippen LogP contribution >= 0.6 is 22.7 Å². The highest BCUT2D eigenvalue weighted by Crippen LogP contribution is 2.40. The van der Waals surface area contributed by atoms with Crippen molar-refractivity contribution in [1.29, 1.82) is 0 Å². The van der Waals surface area contributed by atoms with E-state index in [1.54, 1.807) is 16.8 Å². The number of thiazole rings is 1. The smallest absolute Gasteiger partial charge is 0.238 e. The first-order valence-electron chi connectivity index (χ1n) is 13.1. The average molecular weight is 629 g/mol. The molecular formula is C29H26F2N4O4S3. The van der Waals surface area contributed by atoms with Crippen LogP contribution in [0.3, 0.4) is 0 Å². The van der Waals surface area contributed by atoms with Crippen LogP contribution in [0.4, 0.5) is 8.78 Å². The molecular weight excluding hydrogens is 603 g/mol. The van der Waals surface area contributed by atoms with Crippen LogP contribution in [0, 0.1) is 24.5 Å². The molecule has 218 valence electrons. The van der Waals surface area contributed by atoms with Gasteiger partial charge in [0.15, 0.2) is 6.29 Å². The van der Waals surface area contributed by atoms with E-state index in [2.05, 4.69) is 4.98 Å². The monoisotopic (exact) mass is 628 g/mol. The van der Waals surface area contributed by atoms with Gasteiger partial charge in [-0.3, -0.25) is 0 Å². The Bertz CT molecular complexity index is 1910. The summed E-state index contributed by atoms with van der Waals surface area (Å²) in [7, 11) is -4.09. The zero-order valence-corrected chi connectivity index (χ0v) is 24.7. The van der Waals surface area contributed by atoms with Crippen molar-refractivity contribution in [3.63, 3.8) is 0 Å². The molecule has 1 aliphatic rings. The summed E-state index contributed by atoms with van der Waals surface area (Å²) < 4.78 is 55.6. The molecule has 0 saturated heterocycles. The first-order valence-corrected chi connectivity index (χ1v) is 16.3. The van der Waals surface area contributed by atoms with Crippen LogP contribution in [0.15, 0.2) is 58.8 Å². The topological polar surface area (TPSA) is 131 Å². The first-order chi connectivity index (χ1) is 20.0. The highest BCUT2D eigenvalue weighted by molar-refractivity contribution is 7.89. The molecule has 1 saturated carbocycles. The molecule has 0 unspecified atom stereocenters. The normalized spacial score (nSPS) is 13.8. The molecule has 2 aromatic carbocycles. The standard InChI is InChI=1S/C29H26F2N4O4S3/c1-15-2-9-26(41-15)20-12-18(6-8-22(20)30)27-21(11-17-5-7-19(13-23(17)31)42(32,38)39)25(10-16-3-4-16)35(34-27)29-33-24(14-40-29)28(36)37/h2,5-9,12-14,16,28,36-37H,3-4,10-11H2,1H3,(H2,32,38,39). The Morgan fingerprint density at radius 3 is 2.50 bits per heavy atom. The molecule has 13 heteroatoms. The Labute approximate surface area is 248 Å². The molecule has 6 rings (SSSR count). The van der Waals surface area contributed by atoms with Crippen molar-refractivity contribution in [2.45, 2.75) is 43.8 Å². The summed E-state index contributed by atoms with van der Waals surface area (Å²) in [4.78, 5) is 5.84. The predicted molar refractivity (Wildman–Crippen MR) is 157 cm³/mol. The zero-order chi connectivity index (χ0) is 29.8. The highest BCUT2D eigenvalue weighted by atomic mass is 32.2. The van der Waals surface area contributed by atoms with Crippen LogP contribution in [-0.4, -0.2) is 33.4 Å². The van der Waals surface area contributed by atoms with Gasteiger partial charge in [0, 0.05) is 38.2 Å². The molecule has 8 nitrogen and oxygen atoms in total. The second kappa shape index (κ2) is 11.1. The van der Waals surface area contributed by atoms with Crippen LogP contribution in [0.1, 0.15) is 46.5 Å². The Hall–Kier alpha value is -3.33. The third-order valence-corrected chi connectivity index (χ3v) is 9.97. The quantitative estimate of drug-likeness (QED) is 0.185. The number of rotatable bonds is 9. The third kappa shape index (κ3) is 5.80. The first kappa shape index (κ1) is 28.8. The Morgan fingerprint density at radius 2 is 1.88 bits per heavy atom. The molecule has 0 aliphatic heterocycles. The molecule has 0 bridgehead atoms. The van der Waals surface area contributed by atoms with Gasteiger partial charge in [-0.15, -0.1) is 22.7 Å². The van der Waals surface area contributed by atoms with Crippen molar-refractivity contribution in [2.75, 3.05) is 0 Å². The minimum atomic E-state index is -4.09. The SMILES string of the molecule is Cc1ccc(-c2cc(-c3nn(-c4nc(C(O)O)cs4)c(CC4CC4)c3Cc3ccc(S(N)(=O)=O)cc3F)ccc2F)s1. The minimum Gasteiger partial charge on any atom is -0.363 e. The van der Waals surface area contributed by atoms with E-state index in [1.807, 2.05) is 19.1 Å². The fourth-order valence-electron chi connectivity index (χ4n) is 4.84. The van der Waals surface area contributed by atoms with Gasteiger partial charge in [0.2, 0.25) is 15.2 Å². The maximum absolute atomic E-state index is 15.3. The van der Waals surface area contributed by atoms with Gasteiger partial charge in [-0.1, -0.05) is 6.07 Å². The second-order valence-corrected chi connectivity index (χ2v) is 14.0. The number of halogens is 2. The van der Waals surface area contributed by atoms with Crippen molar-refractivity contribution in [2.24, 2.45) is 11.1 Å². The summed E-state index contributed by atoms with van der Waals surface area (Å²) >= 11 is 2.65. The van der Waals surface area contributed by atoms with E-state index >= 15 is 8.78 Å². The molecule has 3 heterocycles. The van der Waals surface area contributed by atoms with Crippen LogP contribution in [-0.2, 0) is 22.9 Å². The van der Waals surface area contributed by atoms with Crippen LogP contribution in [0.25, 0.3) is 26.8 Å². The van der Waals surface area contributed by atoms with Gasteiger partial charge in [-0.2, -0.15) is 5.10 Å². The van der Waals surface area contributed by atoms with Crippen molar-refractivity contribution in [1.82, 2.24) is 14.8 Å². The number of sulfonamides is 1. The van der Waals surface area contributed by atoms with E-state index in [-0.39, 0.29) is 28.4 Å². The van der Waals surface area contributed by atoms with Crippen molar-refractivity contribution < 1.29 is 27.4 Å². The maximum Gasteiger partial charge on any atom is 0.238 e. The fourth-order valence-corrected chi connectivity index (χ4v) is 7.06. The van der Waals surface area contributed by atoms with E-state index in [0.29, 0.717) is 39.9 Å². The van der Waals surface area contributed by atoms with Crippen molar-refractivity contribution in [3.8, 4) is 26.8 Å². The van der Waals surface area contributed by atoms with E-state index in [9.17, 15) is 18.6 Å². The van der Waals surface area contributed by atoms with Crippen LogP contribution in [0.5, 0.6) is 0 Å². The number of nitrogens with zero attached hydrogens (tertiary/aromatic N) is 3. The van der Waals surface area contributed by atoms with E-state index in [0.717, 1.165) is 34.4 Å². The number of aromatic nitrogens is 3. The summed E-state index contributed by atoms with van der Waals surface area (Å²) in [6.07, 6.45) is 0.979. The third-order valence-electron chi connectivity index (χ3n) is 7.19. The van der Waals surface area contributed by atoms with Crippen LogP contribution < -0.4 is 5.14 Å². The van der Waals surface area contributed by atoms with E-state index < -0.39 is 22.1 Å². The van der Waals surface area contributed by atoms with Gasteiger partial charge in [0.1, 0.15) is 17.3 Å². The Morgan fingerprint density at radius 1 is 1.10 bits per heavy atom. The number of primary sulfonamides is 1. The number of aryl methyl sites for hydroxylation is 1. The lowest BCUT2D eigenvalue weighted by Crippen LogP contribution is -2.13. The number of benzene rings is 2. The molecule has 0 atom stereocenters. The number of hydrogen-bond acceptors (Lipinski definition) is 8. The molecule has 3 aromatic heterocycles.